The highest BCUT2D eigenvalue weighted by Gasteiger charge is 2.15. The Labute approximate surface area is 191 Å². The molecule has 166 valence electrons. The van der Waals surface area contributed by atoms with E-state index >= 15 is 0 Å². The molecule has 32 heavy (non-hydrogen) atoms. The summed E-state index contributed by atoms with van der Waals surface area (Å²) in [7, 11) is 0. The molecule has 1 aromatic heterocycles. The van der Waals surface area contributed by atoms with Crippen molar-refractivity contribution in [1.29, 1.82) is 0 Å². The molecule has 0 atom stereocenters. The molecule has 3 aromatic rings. The predicted octanol–water partition coefficient (Wildman–Crippen LogP) is 4.59. The molecule has 1 heterocycles. The maximum Gasteiger partial charge on any atom is 0.234 e. The molecule has 0 aliphatic carbocycles. The van der Waals surface area contributed by atoms with Gasteiger partial charge in [-0.2, -0.15) is 0 Å². The average molecular weight is 451 g/mol. The topological polar surface area (TPSA) is 86.1 Å². The number of hydrogen-bond donors (Lipinski definition) is 1. The second-order valence-corrected chi connectivity index (χ2v) is 8.20. The van der Waals surface area contributed by atoms with Gasteiger partial charge >= 0.3 is 0 Å². The van der Waals surface area contributed by atoms with Crippen molar-refractivity contribution in [3.05, 3.63) is 77.6 Å². The van der Waals surface area contributed by atoms with Gasteiger partial charge < -0.3 is 10.1 Å². The number of thioether (sulfide) groups is 1. The zero-order valence-electron chi connectivity index (χ0n) is 18.4. The highest BCUT2D eigenvalue weighted by Crippen LogP contribution is 2.23. The van der Waals surface area contributed by atoms with Gasteiger partial charge in [-0.05, 0) is 62.2 Å². The van der Waals surface area contributed by atoms with Crippen LogP contribution in [-0.4, -0.2) is 32.2 Å². The van der Waals surface area contributed by atoms with Gasteiger partial charge in [-0.3, -0.25) is 14.2 Å². The summed E-state index contributed by atoms with van der Waals surface area (Å²) in [6.45, 7) is 10.1. The zero-order valence-corrected chi connectivity index (χ0v) is 19.2. The van der Waals surface area contributed by atoms with E-state index in [-0.39, 0.29) is 24.1 Å². The van der Waals surface area contributed by atoms with Gasteiger partial charge in [0.15, 0.2) is 16.8 Å². The molecule has 7 nitrogen and oxygen atoms in total. The van der Waals surface area contributed by atoms with Crippen LogP contribution < -0.4 is 10.1 Å². The van der Waals surface area contributed by atoms with Crippen LogP contribution in [0.2, 0.25) is 0 Å². The first-order valence-electron chi connectivity index (χ1n) is 10.1. The second kappa shape index (κ2) is 10.8. The minimum Gasteiger partial charge on any atom is -0.485 e. The molecule has 0 fully saturated rings. The fourth-order valence-electron chi connectivity index (χ4n) is 2.98. The SMILES string of the molecule is C=CCn1c(COc2cccc(C)c2C)nnc1SCC(=O)Nc1ccc(C(C)=O)cc1. The summed E-state index contributed by atoms with van der Waals surface area (Å²) >= 11 is 1.29. The molecule has 0 radical (unpaired) electrons. The Bertz CT molecular complexity index is 1120. The minimum atomic E-state index is -0.174. The molecular weight excluding hydrogens is 424 g/mol. The first-order valence-corrected chi connectivity index (χ1v) is 11.1. The van der Waals surface area contributed by atoms with Crippen LogP contribution in [0, 0.1) is 13.8 Å². The lowest BCUT2D eigenvalue weighted by Gasteiger charge is -2.12. The number of nitrogens with zero attached hydrogens (tertiary/aromatic N) is 3. The molecule has 2 aromatic carbocycles. The van der Waals surface area contributed by atoms with Crippen LogP contribution in [0.5, 0.6) is 5.75 Å². The van der Waals surface area contributed by atoms with E-state index in [4.69, 9.17) is 4.74 Å². The lowest BCUT2D eigenvalue weighted by Crippen LogP contribution is -2.15. The predicted molar refractivity (Wildman–Crippen MR) is 126 cm³/mol. The van der Waals surface area contributed by atoms with E-state index in [9.17, 15) is 9.59 Å². The number of nitrogens with one attached hydrogen (secondary N) is 1. The van der Waals surface area contributed by atoms with Crippen LogP contribution in [0.3, 0.4) is 0 Å². The normalized spacial score (nSPS) is 10.6. The molecule has 3 rings (SSSR count). The third-order valence-corrected chi connectivity index (χ3v) is 5.89. The Morgan fingerprint density at radius 3 is 2.59 bits per heavy atom. The summed E-state index contributed by atoms with van der Waals surface area (Å²) < 4.78 is 7.85. The largest absolute Gasteiger partial charge is 0.485 e. The molecule has 0 aliphatic rings. The Balaban J connectivity index is 1.61. The van der Waals surface area contributed by atoms with E-state index in [1.165, 1.54) is 18.7 Å². The molecule has 0 bridgehead atoms. The minimum absolute atomic E-state index is 0.0164. The molecule has 0 saturated heterocycles. The van der Waals surface area contributed by atoms with Crippen molar-refractivity contribution in [2.75, 3.05) is 11.1 Å². The Kier molecular flexibility index (Phi) is 7.83. The number of ketones is 1. The van der Waals surface area contributed by atoms with E-state index in [0.29, 0.717) is 28.8 Å². The highest BCUT2D eigenvalue weighted by molar-refractivity contribution is 7.99. The Hall–Kier alpha value is -3.39. The van der Waals surface area contributed by atoms with E-state index in [1.807, 2.05) is 36.6 Å². The number of carbonyl (C=O) groups excluding carboxylic acids is 2. The van der Waals surface area contributed by atoms with Crippen molar-refractivity contribution in [2.24, 2.45) is 0 Å². The molecule has 0 aliphatic heterocycles. The van der Waals surface area contributed by atoms with Gasteiger partial charge in [0.25, 0.3) is 0 Å². The first kappa shape index (κ1) is 23.3. The van der Waals surface area contributed by atoms with E-state index in [0.717, 1.165) is 16.9 Å². The summed E-state index contributed by atoms with van der Waals surface area (Å²) in [4.78, 5) is 23.7. The number of allylic oxidation sites excluding steroid dienone is 1. The second-order valence-electron chi connectivity index (χ2n) is 7.26. The van der Waals surface area contributed by atoms with Crippen molar-refractivity contribution in [2.45, 2.75) is 39.1 Å². The lowest BCUT2D eigenvalue weighted by atomic mass is 10.1. The van der Waals surface area contributed by atoms with Gasteiger partial charge in [0.2, 0.25) is 5.91 Å². The van der Waals surface area contributed by atoms with Gasteiger partial charge in [-0.25, -0.2) is 0 Å². The van der Waals surface area contributed by atoms with Gasteiger partial charge in [0.05, 0.1) is 5.75 Å². The molecule has 1 N–H and O–H groups in total. The summed E-state index contributed by atoms with van der Waals surface area (Å²) in [6, 6.07) is 12.7. The number of carbonyl (C=O) groups is 2. The maximum absolute atomic E-state index is 12.4. The highest BCUT2D eigenvalue weighted by atomic mass is 32.2. The van der Waals surface area contributed by atoms with Gasteiger partial charge in [-0.15, -0.1) is 16.8 Å². The Morgan fingerprint density at radius 2 is 1.91 bits per heavy atom. The number of Topliss-reactive ketones (excluding diaryl/α,β-unsaturated/α-hetero) is 1. The number of anilines is 1. The van der Waals surface area contributed by atoms with Crippen molar-refractivity contribution >= 4 is 29.1 Å². The molecular formula is C24H26N4O3S. The summed E-state index contributed by atoms with van der Waals surface area (Å²) in [5.74, 6) is 1.45. The first-order chi connectivity index (χ1) is 15.4. The molecule has 0 unspecified atom stereocenters. The number of ether oxygens (including phenoxy) is 1. The molecule has 0 spiro atoms. The van der Waals surface area contributed by atoms with Crippen LogP contribution in [0.4, 0.5) is 5.69 Å². The monoisotopic (exact) mass is 450 g/mol. The molecule has 0 saturated carbocycles. The smallest absolute Gasteiger partial charge is 0.234 e. The quantitative estimate of drug-likeness (QED) is 0.276. The maximum atomic E-state index is 12.4. The average Bonchev–Trinajstić information content (AvgIpc) is 3.15. The van der Waals surface area contributed by atoms with Crippen LogP contribution >= 0.6 is 11.8 Å². The number of aromatic nitrogens is 3. The van der Waals surface area contributed by atoms with Crippen LogP contribution in [0.15, 0.2) is 60.3 Å². The van der Waals surface area contributed by atoms with Crippen molar-refractivity contribution in [1.82, 2.24) is 14.8 Å². The number of benzene rings is 2. The van der Waals surface area contributed by atoms with Crippen LogP contribution in [0.25, 0.3) is 0 Å². The lowest BCUT2D eigenvalue weighted by molar-refractivity contribution is -0.113. The third-order valence-electron chi connectivity index (χ3n) is 4.92. The number of hydrogen-bond acceptors (Lipinski definition) is 6. The standard InChI is InChI=1S/C24H26N4O3S/c1-5-13-28-22(14-31-21-8-6-7-16(2)17(21)3)26-27-24(28)32-15-23(30)25-20-11-9-19(10-12-20)18(4)29/h5-12H,1,13-15H2,2-4H3,(H,25,30). The van der Waals surface area contributed by atoms with Gasteiger partial charge in [-0.1, -0.05) is 30.0 Å². The van der Waals surface area contributed by atoms with E-state index in [2.05, 4.69) is 22.1 Å². The summed E-state index contributed by atoms with van der Waals surface area (Å²) in [5, 5.41) is 11.9. The van der Waals surface area contributed by atoms with E-state index < -0.39 is 0 Å². The summed E-state index contributed by atoms with van der Waals surface area (Å²) in [6.07, 6.45) is 1.76. The molecule has 8 heteroatoms. The fraction of sp³-hybridized carbons (Fsp3) is 0.250. The van der Waals surface area contributed by atoms with Crippen molar-refractivity contribution < 1.29 is 14.3 Å². The van der Waals surface area contributed by atoms with Crippen LogP contribution in [0.1, 0.15) is 34.2 Å². The van der Waals surface area contributed by atoms with Gasteiger partial charge in [0, 0.05) is 17.8 Å². The van der Waals surface area contributed by atoms with Crippen LogP contribution in [-0.2, 0) is 17.9 Å². The zero-order chi connectivity index (χ0) is 23.1. The van der Waals surface area contributed by atoms with Crippen molar-refractivity contribution in [3.63, 3.8) is 0 Å². The van der Waals surface area contributed by atoms with Gasteiger partial charge in [0.1, 0.15) is 12.4 Å². The van der Waals surface area contributed by atoms with Crippen molar-refractivity contribution in [3.8, 4) is 5.75 Å². The third kappa shape index (κ3) is 5.85. The fourth-order valence-corrected chi connectivity index (χ4v) is 3.75. The number of aryl methyl sites for hydroxylation is 1. The summed E-state index contributed by atoms with van der Waals surface area (Å²) in [5.41, 5.74) is 3.49. The van der Waals surface area contributed by atoms with E-state index in [1.54, 1.807) is 30.3 Å². The Morgan fingerprint density at radius 1 is 1.16 bits per heavy atom. The number of rotatable bonds is 10. The molecule has 1 amide bonds. The number of amides is 1.